The number of aromatic nitrogens is 1. The van der Waals surface area contributed by atoms with Gasteiger partial charge in [-0.05, 0) is 44.0 Å². The predicted octanol–water partition coefficient (Wildman–Crippen LogP) is 1.08. The first-order chi connectivity index (χ1) is 9.18. The zero-order chi connectivity index (χ0) is 13.7. The highest BCUT2D eigenvalue weighted by Crippen LogP contribution is 2.30. The summed E-state index contributed by atoms with van der Waals surface area (Å²) in [5, 5.41) is 22.3. The van der Waals surface area contributed by atoms with Gasteiger partial charge in [0.05, 0.1) is 13.2 Å². The minimum Gasteiger partial charge on any atom is -0.396 e. The van der Waals surface area contributed by atoms with E-state index in [1.807, 2.05) is 19.2 Å². The molecule has 1 aromatic rings. The summed E-state index contributed by atoms with van der Waals surface area (Å²) in [5.74, 6) is 0.499. The van der Waals surface area contributed by atoms with E-state index >= 15 is 0 Å². The lowest BCUT2D eigenvalue weighted by molar-refractivity contribution is 0.0700. The van der Waals surface area contributed by atoms with Crippen molar-refractivity contribution in [2.45, 2.75) is 32.1 Å². The van der Waals surface area contributed by atoms with E-state index in [9.17, 15) is 10.2 Å². The van der Waals surface area contributed by atoms with Crippen molar-refractivity contribution in [3.8, 4) is 0 Å². The number of rotatable bonds is 5. The summed E-state index contributed by atoms with van der Waals surface area (Å²) in [7, 11) is 0. The van der Waals surface area contributed by atoms with Crippen LogP contribution >= 0.6 is 0 Å². The van der Waals surface area contributed by atoms with Crippen molar-refractivity contribution >= 4 is 0 Å². The molecule has 1 aromatic heterocycles. The molecule has 1 fully saturated rings. The van der Waals surface area contributed by atoms with Gasteiger partial charge in [0.1, 0.15) is 0 Å². The van der Waals surface area contributed by atoms with Gasteiger partial charge in [-0.3, -0.25) is 4.98 Å². The van der Waals surface area contributed by atoms with E-state index in [-0.39, 0.29) is 13.2 Å². The van der Waals surface area contributed by atoms with Crippen LogP contribution in [0.4, 0.5) is 0 Å². The lowest BCUT2D eigenvalue weighted by Crippen LogP contribution is -2.31. The minimum atomic E-state index is -0.468. The molecule has 0 aliphatic carbocycles. The monoisotopic (exact) mass is 264 g/mol. The molecule has 0 aromatic carbocycles. The van der Waals surface area contributed by atoms with Gasteiger partial charge in [-0.25, -0.2) is 0 Å². The fraction of sp³-hybridized carbons (Fsp3) is 0.667. The molecular formula is C15H24N2O2. The molecule has 0 amide bonds. The third-order valence-electron chi connectivity index (χ3n) is 4.03. The Kier molecular flexibility index (Phi) is 4.91. The molecule has 0 radical (unpaired) electrons. The largest absolute Gasteiger partial charge is 0.396 e. The average Bonchev–Trinajstić information content (AvgIpc) is 2.48. The van der Waals surface area contributed by atoms with Gasteiger partial charge in [-0.2, -0.15) is 0 Å². The molecule has 4 heteroatoms. The van der Waals surface area contributed by atoms with Gasteiger partial charge in [-0.15, -0.1) is 0 Å². The van der Waals surface area contributed by atoms with Gasteiger partial charge < -0.3 is 15.5 Å². The van der Waals surface area contributed by atoms with Gasteiger partial charge >= 0.3 is 0 Å². The molecule has 2 rings (SSSR count). The second kappa shape index (κ2) is 6.46. The number of aliphatic hydroxyl groups excluding tert-OH is 2. The Bertz CT molecular complexity index is 399. The number of hydrogen-bond acceptors (Lipinski definition) is 4. The first kappa shape index (κ1) is 14.4. The molecule has 0 atom stereocenters. The number of hydrogen-bond donors (Lipinski definition) is 3. The Morgan fingerprint density at radius 2 is 2.00 bits per heavy atom. The molecule has 1 aliphatic rings. The molecule has 0 spiro atoms. The third kappa shape index (κ3) is 3.53. The van der Waals surface area contributed by atoms with Crippen molar-refractivity contribution in [3.05, 3.63) is 29.6 Å². The number of aliphatic hydroxyl groups is 2. The smallest absolute Gasteiger partial charge is 0.0509 e. The molecular weight excluding hydrogens is 240 g/mol. The number of nitrogens with one attached hydrogen (secondary N) is 1. The van der Waals surface area contributed by atoms with Gasteiger partial charge in [0.25, 0.3) is 0 Å². The van der Waals surface area contributed by atoms with Crippen LogP contribution in [0.5, 0.6) is 0 Å². The van der Waals surface area contributed by atoms with E-state index in [2.05, 4.69) is 16.4 Å². The van der Waals surface area contributed by atoms with E-state index in [1.54, 1.807) is 0 Å². The Balaban J connectivity index is 2.20. The van der Waals surface area contributed by atoms with E-state index in [4.69, 9.17) is 0 Å². The number of nitrogens with zero attached hydrogens (tertiary/aromatic N) is 1. The molecule has 0 bridgehead atoms. The molecule has 19 heavy (non-hydrogen) atoms. The second-order valence-electron chi connectivity index (χ2n) is 5.88. The highest BCUT2D eigenvalue weighted by atomic mass is 16.3. The molecule has 1 saturated heterocycles. The fourth-order valence-electron chi connectivity index (χ4n) is 2.68. The van der Waals surface area contributed by atoms with Crippen molar-refractivity contribution < 1.29 is 10.2 Å². The van der Waals surface area contributed by atoms with Gasteiger partial charge in [0.15, 0.2) is 0 Å². The second-order valence-corrected chi connectivity index (χ2v) is 5.88. The van der Waals surface area contributed by atoms with Crippen LogP contribution in [0, 0.1) is 5.41 Å². The van der Waals surface area contributed by atoms with Crippen molar-refractivity contribution in [3.63, 3.8) is 0 Å². The summed E-state index contributed by atoms with van der Waals surface area (Å²) >= 11 is 0. The van der Waals surface area contributed by atoms with Crippen LogP contribution in [0.15, 0.2) is 18.3 Å². The highest BCUT2D eigenvalue weighted by molar-refractivity contribution is 5.25. The quantitative estimate of drug-likeness (QED) is 0.744. The van der Waals surface area contributed by atoms with Crippen LogP contribution in [-0.2, 0) is 6.42 Å². The van der Waals surface area contributed by atoms with Crippen LogP contribution in [-0.4, -0.2) is 41.5 Å². The topological polar surface area (TPSA) is 65.4 Å². The molecule has 3 N–H and O–H groups in total. The first-order valence-electron chi connectivity index (χ1n) is 7.05. The Morgan fingerprint density at radius 1 is 1.32 bits per heavy atom. The van der Waals surface area contributed by atoms with Crippen molar-refractivity contribution in [1.29, 1.82) is 0 Å². The Morgan fingerprint density at radius 3 is 2.63 bits per heavy atom. The van der Waals surface area contributed by atoms with Gasteiger partial charge in [0.2, 0.25) is 0 Å². The molecule has 106 valence electrons. The normalized spacial score (nSPS) is 17.6. The summed E-state index contributed by atoms with van der Waals surface area (Å²) in [6.07, 6.45) is 4.74. The zero-order valence-corrected chi connectivity index (χ0v) is 11.6. The molecule has 2 heterocycles. The van der Waals surface area contributed by atoms with Gasteiger partial charge in [0, 0.05) is 23.2 Å². The third-order valence-corrected chi connectivity index (χ3v) is 4.03. The lowest BCUT2D eigenvalue weighted by atomic mass is 9.82. The minimum absolute atomic E-state index is 0.00986. The SMILES string of the molecule is CC(CO)(CO)Cc1cccnc1C1CCNCC1. The van der Waals surface area contributed by atoms with Crippen molar-refractivity contribution in [2.75, 3.05) is 26.3 Å². The van der Waals surface area contributed by atoms with E-state index in [1.165, 1.54) is 5.56 Å². The number of pyridine rings is 1. The highest BCUT2D eigenvalue weighted by Gasteiger charge is 2.26. The Labute approximate surface area is 114 Å². The summed E-state index contributed by atoms with van der Waals surface area (Å²) < 4.78 is 0. The van der Waals surface area contributed by atoms with Crippen molar-refractivity contribution in [1.82, 2.24) is 10.3 Å². The standard InChI is InChI=1S/C15H24N2O2/c1-15(10-18,11-19)9-13-3-2-6-17-14(13)12-4-7-16-8-5-12/h2-3,6,12,16,18-19H,4-5,7-11H2,1H3. The molecule has 4 nitrogen and oxygen atoms in total. The van der Waals surface area contributed by atoms with E-state index in [0.29, 0.717) is 12.3 Å². The van der Waals surface area contributed by atoms with E-state index < -0.39 is 5.41 Å². The average molecular weight is 264 g/mol. The summed E-state index contributed by atoms with van der Waals surface area (Å²) in [6, 6.07) is 4.02. The summed E-state index contributed by atoms with van der Waals surface area (Å²) in [5.41, 5.74) is 1.85. The van der Waals surface area contributed by atoms with Crippen LogP contribution in [0.1, 0.15) is 36.9 Å². The molecule has 0 unspecified atom stereocenters. The molecule has 1 aliphatic heterocycles. The number of piperidine rings is 1. The van der Waals surface area contributed by atoms with E-state index in [0.717, 1.165) is 31.6 Å². The predicted molar refractivity (Wildman–Crippen MR) is 75.1 cm³/mol. The molecule has 0 saturated carbocycles. The van der Waals surface area contributed by atoms with Crippen LogP contribution in [0.25, 0.3) is 0 Å². The Hall–Kier alpha value is -0.970. The maximum Gasteiger partial charge on any atom is 0.0509 e. The van der Waals surface area contributed by atoms with Crippen LogP contribution in [0.3, 0.4) is 0 Å². The first-order valence-corrected chi connectivity index (χ1v) is 7.05. The zero-order valence-electron chi connectivity index (χ0n) is 11.6. The maximum atomic E-state index is 9.46. The van der Waals surface area contributed by atoms with Crippen LogP contribution in [0.2, 0.25) is 0 Å². The summed E-state index contributed by atoms with van der Waals surface area (Å²) in [4.78, 5) is 4.56. The van der Waals surface area contributed by atoms with Crippen LogP contribution < -0.4 is 5.32 Å². The maximum absolute atomic E-state index is 9.46. The summed E-state index contributed by atoms with van der Waals surface area (Å²) in [6.45, 7) is 3.97. The lowest BCUT2D eigenvalue weighted by Gasteiger charge is -2.28. The van der Waals surface area contributed by atoms with Crippen molar-refractivity contribution in [2.24, 2.45) is 5.41 Å². The fourth-order valence-corrected chi connectivity index (χ4v) is 2.68. The van der Waals surface area contributed by atoms with Gasteiger partial charge in [-0.1, -0.05) is 13.0 Å².